The summed E-state index contributed by atoms with van der Waals surface area (Å²) in [5.74, 6) is 0.330. The van der Waals surface area contributed by atoms with Crippen molar-refractivity contribution >= 4 is 17.4 Å². The molecule has 1 amide bonds. The molecule has 0 spiro atoms. The second-order valence-electron chi connectivity index (χ2n) is 4.19. The van der Waals surface area contributed by atoms with E-state index in [4.69, 9.17) is 0 Å². The molecule has 3 rings (SSSR count). The summed E-state index contributed by atoms with van der Waals surface area (Å²) in [7, 11) is 1.79. The fraction of sp³-hybridized carbons (Fsp3) is 0.500. The van der Waals surface area contributed by atoms with E-state index in [0.29, 0.717) is 12.8 Å². The summed E-state index contributed by atoms with van der Waals surface area (Å²) in [4.78, 5) is 24.7. The maximum absolute atomic E-state index is 11.5. The molecule has 0 bridgehead atoms. The van der Waals surface area contributed by atoms with Crippen LogP contribution in [0.1, 0.15) is 55.6 Å². The molecule has 1 aliphatic heterocycles. The summed E-state index contributed by atoms with van der Waals surface area (Å²) in [5.41, 5.74) is 3.90. The summed E-state index contributed by atoms with van der Waals surface area (Å²) in [6.45, 7) is 8.00. The monoisotopic (exact) mass is 261 g/mol. The van der Waals surface area contributed by atoms with Gasteiger partial charge < -0.3 is 4.90 Å². The molecule has 0 unspecified atom stereocenters. The molecule has 0 radical (unpaired) electrons. The van der Waals surface area contributed by atoms with E-state index in [0.717, 1.165) is 28.8 Å². The molecule has 0 saturated heterocycles. The lowest BCUT2D eigenvalue weighted by Crippen LogP contribution is -2.20. The lowest BCUT2D eigenvalue weighted by molar-refractivity contribution is -0.117. The predicted octanol–water partition coefficient (Wildman–Crippen LogP) is 3.39. The van der Waals surface area contributed by atoms with E-state index in [-0.39, 0.29) is 11.7 Å². The van der Waals surface area contributed by atoms with E-state index >= 15 is 0 Å². The number of aryl methyl sites for hydroxylation is 1. The highest BCUT2D eigenvalue weighted by Gasteiger charge is 2.28. The van der Waals surface area contributed by atoms with Gasteiger partial charge in [-0.15, -0.1) is 0 Å². The number of hydrogen-bond acceptors (Lipinski definition) is 2. The van der Waals surface area contributed by atoms with E-state index in [1.165, 1.54) is 0 Å². The van der Waals surface area contributed by atoms with Crippen LogP contribution in [0.3, 0.4) is 0 Å². The number of ketones is 1. The van der Waals surface area contributed by atoms with Crippen molar-refractivity contribution in [1.82, 2.24) is 0 Å². The lowest BCUT2D eigenvalue weighted by Gasteiger charge is -2.11. The molecule has 0 N–H and O–H groups in total. The van der Waals surface area contributed by atoms with Crippen molar-refractivity contribution in [2.45, 2.75) is 47.0 Å². The third kappa shape index (κ3) is 2.70. The third-order valence-corrected chi connectivity index (χ3v) is 3.30. The zero-order valence-corrected chi connectivity index (χ0v) is 12.5. The molecule has 3 heteroatoms. The van der Waals surface area contributed by atoms with Crippen LogP contribution < -0.4 is 4.90 Å². The highest BCUT2D eigenvalue weighted by Crippen LogP contribution is 2.34. The Balaban J connectivity index is 0.000000415. The van der Waals surface area contributed by atoms with Gasteiger partial charge in [0, 0.05) is 24.7 Å². The molecule has 104 valence electrons. The largest absolute Gasteiger partial charge is 0.315 e. The Labute approximate surface area is 115 Å². The van der Waals surface area contributed by atoms with Crippen LogP contribution in [0.15, 0.2) is 12.1 Å². The van der Waals surface area contributed by atoms with Crippen LogP contribution in [0.5, 0.6) is 0 Å². The highest BCUT2D eigenvalue weighted by molar-refractivity contribution is 6.05. The van der Waals surface area contributed by atoms with Gasteiger partial charge in [0.1, 0.15) is 0 Å². The van der Waals surface area contributed by atoms with Crippen molar-refractivity contribution in [2.24, 2.45) is 0 Å². The molecule has 0 atom stereocenters. The first-order chi connectivity index (χ1) is 9.16. The third-order valence-electron chi connectivity index (χ3n) is 3.30. The topological polar surface area (TPSA) is 37.4 Å². The number of Topliss-reactive ketones (excluding diaryl/α,β-unsaturated/α-hetero) is 1. The second-order valence-corrected chi connectivity index (χ2v) is 4.19. The Morgan fingerprint density at radius 1 is 0.947 bits per heavy atom. The minimum absolute atomic E-state index is 0.112. The number of amides is 1. The van der Waals surface area contributed by atoms with Gasteiger partial charge in [-0.1, -0.05) is 27.7 Å². The fourth-order valence-corrected chi connectivity index (χ4v) is 2.40. The summed E-state index contributed by atoms with van der Waals surface area (Å²) in [6.07, 6.45) is 1.88. The number of likely N-dealkylation sites (N-methyl/N-ethyl adjacent to an activating group) is 1. The number of rotatable bonds is 0. The van der Waals surface area contributed by atoms with E-state index in [1.54, 1.807) is 11.9 Å². The van der Waals surface area contributed by atoms with Crippen LogP contribution >= 0.6 is 0 Å². The Morgan fingerprint density at radius 3 is 2.21 bits per heavy atom. The van der Waals surface area contributed by atoms with Gasteiger partial charge in [0.25, 0.3) is 0 Å². The molecular weight excluding hydrogens is 238 g/mol. The van der Waals surface area contributed by atoms with E-state index in [1.807, 2.05) is 39.8 Å². The summed E-state index contributed by atoms with van der Waals surface area (Å²) in [5, 5.41) is 0. The molecular formula is C16H23NO2. The Hall–Kier alpha value is -1.64. The Bertz CT molecular complexity index is 492. The Morgan fingerprint density at radius 2 is 1.58 bits per heavy atom. The molecule has 0 fully saturated rings. The zero-order valence-electron chi connectivity index (χ0n) is 12.5. The number of hydrogen-bond donors (Lipinski definition) is 0. The molecule has 1 heterocycles. The van der Waals surface area contributed by atoms with Crippen molar-refractivity contribution in [2.75, 3.05) is 11.9 Å². The van der Waals surface area contributed by atoms with Crippen LogP contribution in [-0.4, -0.2) is 18.7 Å². The first-order valence-electron chi connectivity index (χ1n) is 7.12. The number of anilines is 1. The van der Waals surface area contributed by atoms with Crippen molar-refractivity contribution < 1.29 is 9.59 Å². The number of fused-ring (bicyclic) bond motifs is 2. The zero-order chi connectivity index (χ0) is 14.6. The molecule has 1 aromatic rings. The number of benzene rings is 1. The van der Waals surface area contributed by atoms with Crippen LogP contribution in [0.2, 0.25) is 0 Å². The molecule has 3 nitrogen and oxygen atoms in total. The second kappa shape index (κ2) is 6.50. The SMILES string of the molecule is CC.CC.CN1C(=O)Cc2cc3c(cc21)CCC3=O. The van der Waals surface area contributed by atoms with Gasteiger partial charge in [-0.25, -0.2) is 0 Å². The number of carbonyl (C=O) groups is 2. The molecule has 2 aliphatic rings. The first-order valence-corrected chi connectivity index (χ1v) is 7.12. The van der Waals surface area contributed by atoms with Crippen LogP contribution in [-0.2, 0) is 17.6 Å². The van der Waals surface area contributed by atoms with Crippen molar-refractivity contribution in [1.29, 1.82) is 0 Å². The molecule has 0 saturated carbocycles. The maximum atomic E-state index is 11.5. The van der Waals surface area contributed by atoms with Crippen molar-refractivity contribution in [3.8, 4) is 0 Å². The van der Waals surface area contributed by atoms with E-state index < -0.39 is 0 Å². The predicted molar refractivity (Wildman–Crippen MR) is 78.9 cm³/mol. The van der Waals surface area contributed by atoms with Gasteiger partial charge in [0.05, 0.1) is 6.42 Å². The molecule has 1 aliphatic carbocycles. The summed E-state index contributed by atoms with van der Waals surface area (Å²) in [6, 6.07) is 3.90. The smallest absolute Gasteiger partial charge is 0.231 e. The minimum Gasteiger partial charge on any atom is -0.315 e. The van der Waals surface area contributed by atoms with Gasteiger partial charge in [-0.05, 0) is 29.7 Å². The quantitative estimate of drug-likeness (QED) is 0.718. The van der Waals surface area contributed by atoms with Gasteiger partial charge in [-0.2, -0.15) is 0 Å². The normalized spacial score (nSPS) is 15.1. The van der Waals surface area contributed by atoms with Crippen molar-refractivity contribution in [3.63, 3.8) is 0 Å². The van der Waals surface area contributed by atoms with Gasteiger partial charge in [0.2, 0.25) is 5.91 Å². The van der Waals surface area contributed by atoms with Crippen molar-refractivity contribution in [3.05, 3.63) is 28.8 Å². The van der Waals surface area contributed by atoms with Crippen LogP contribution in [0.25, 0.3) is 0 Å². The highest BCUT2D eigenvalue weighted by atomic mass is 16.2. The number of carbonyl (C=O) groups excluding carboxylic acids is 2. The maximum Gasteiger partial charge on any atom is 0.231 e. The standard InChI is InChI=1S/C12H11NO2.2C2H6/c1-13-10-5-7-2-3-11(14)9(7)4-8(10)6-12(13)15;2*1-2/h4-5H,2-3,6H2,1H3;2*1-2H3. The first kappa shape index (κ1) is 15.4. The minimum atomic E-state index is 0.112. The van der Waals surface area contributed by atoms with Gasteiger partial charge in [0.15, 0.2) is 5.78 Å². The summed E-state index contributed by atoms with van der Waals surface area (Å²) >= 11 is 0. The molecule has 0 aromatic heterocycles. The average molecular weight is 261 g/mol. The van der Waals surface area contributed by atoms with Crippen LogP contribution in [0, 0.1) is 0 Å². The Kier molecular flexibility index (Phi) is 5.28. The van der Waals surface area contributed by atoms with Gasteiger partial charge >= 0.3 is 0 Å². The average Bonchev–Trinajstić information content (AvgIpc) is 2.95. The number of nitrogens with zero attached hydrogens (tertiary/aromatic N) is 1. The molecule has 19 heavy (non-hydrogen) atoms. The van der Waals surface area contributed by atoms with E-state index in [2.05, 4.69) is 0 Å². The fourth-order valence-electron chi connectivity index (χ4n) is 2.40. The van der Waals surface area contributed by atoms with E-state index in [9.17, 15) is 9.59 Å². The molecule has 1 aromatic carbocycles. The lowest BCUT2D eigenvalue weighted by atomic mass is 10.0. The van der Waals surface area contributed by atoms with Crippen LogP contribution in [0.4, 0.5) is 5.69 Å². The summed E-state index contributed by atoms with van der Waals surface area (Å²) < 4.78 is 0. The van der Waals surface area contributed by atoms with Gasteiger partial charge in [-0.3, -0.25) is 9.59 Å².